The Balaban J connectivity index is 1.90. The quantitative estimate of drug-likeness (QED) is 0.709. The van der Waals surface area contributed by atoms with Crippen molar-refractivity contribution in [2.75, 3.05) is 16.8 Å². The highest BCUT2D eigenvalue weighted by Gasteiger charge is 2.27. The van der Waals surface area contributed by atoms with Crippen molar-refractivity contribution in [3.8, 4) is 0 Å². The van der Waals surface area contributed by atoms with Crippen LogP contribution in [-0.2, 0) is 0 Å². The van der Waals surface area contributed by atoms with Gasteiger partial charge in [-0.15, -0.1) is 0 Å². The van der Waals surface area contributed by atoms with Crippen molar-refractivity contribution >= 4 is 57.5 Å². The number of nitrogens with zero attached hydrogens (tertiary/aromatic N) is 2. The number of halogens is 3. The molecule has 130 valence electrons. The van der Waals surface area contributed by atoms with E-state index in [0.29, 0.717) is 33.1 Å². The summed E-state index contributed by atoms with van der Waals surface area (Å²) in [5.74, 6) is -0.429. The van der Waals surface area contributed by atoms with Gasteiger partial charge in [-0.05, 0) is 36.4 Å². The second-order valence-electron chi connectivity index (χ2n) is 5.43. The van der Waals surface area contributed by atoms with Crippen molar-refractivity contribution in [3.63, 3.8) is 0 Å². The number of thioether (sulfide) groups is 1. The van der Waals surface area contributed by atoms with E-state index in [1.54, 1.807) is 30.3 Å². The molecule has 3 rings (SSSR count). The molecule has 1 heterocycles. The highest BCUT2D eigenvalue weighted by Crippen LogP contribution is 2.29. The first-order chi connectivity index (χ1) is 11.9. The number of amides is 2. The molecule has 1 atom stereocenters. The number of aliphatic imine (C=N–C) groups is 1. The van der Waals surface area contributed by atoms with Gasteiger partial charge >= 0.3 is 6.03 Å². The molecule has 1 N–H and O–H groups in total. The van der Waals surface area contributed by atoms with Crippen LogP contribution in [0.5, 0.6) is 0 Å². The Morgan fingerprint density at radius 2 is 2.08 bits per heavy atom. The SMILES string of the molecule is C[C@@H]1CN=C(N(C(=O)Nc2ccc(Cl)c(Cl)c2)c2cccc(F)c2)S1. The van der Waals surface area contributed by atoms with Crippen LogP contribution in [0.25, 0.3) is 0 Å². The van der Waals surface area contributed by atoms with E-state index in [4.69, 9.17) is 23.2 Å². The molecule has 0 fully saturated rings. The summed E-state index contributed by atoms with van der Waals surface area (Å²) in [6.45, 7) is 2.62. The number of hydrogen-bond acceptors (Lipinski definition) is 3. The summed E-state index contributed by atoms with van der Waals surface area (Å²) in [4.78, 5) is 18.6. The van der Waals surface area contributed by atoms with Crippen molar-refractivity contribution in [2.45, 2.75) is 12.2 Å². The Labute approximate surface area is 159 Å². The van der Waals surface area contributed by atoms with Gasteiger partial charge in [0.25, 0.3) is 0 Å². The summed E-state index contributed by atoms with van der Waals surface area (Å²) in [5, 5.41) is 4.25. The Kier molecular flexibility index (Phi) is 5.51. The smallest absolute Gasteiger partial charge is 0.307 e. The van der Waals surface area contributed by atoms with Gasteiger partial charge in [-0.25, -0.2) is 14.1 Å². The van der Waals surface area contributed by atoms with Gasteiger partial charge in [0.1, 0.15) is 5.82 Å². The summed E-state index contributed by atoms with van der Waals surface area (Å²) in [7, 11) is 0. The zero-order valence-corrected chi connectivity index (χ0v) is 15.5. The third-order valence-corrected chi connectivity index (χ3v) is 5.23. The van der Waals surface area contributed by atoms with Crippen molar-refractivity contribution in [1.29, 1.82) is 0 Å². The number of benzene rings is 2. The minimum atomic E-state index is -0.454. The lowest BCUT2D eigenvalue weighted by Crippen LogP contribution is -2.38. The predicted molar refractivity (Wildman–Crippen MR) is 104 cm³/mol. The maximum Gasteiger partial charge on any atom is 0.332 e. The minimum absolute atomic E-state index is 0.254. The van der Waals surface area contributed by atoms with Crippen molar-refractivity contribution in [3.05, 3.63) is 58.3 Å². The topological polar surface area (TPSA) is 44.7 Å². The largest absolute Gasteiger partial charge is 0.332 e. The van der Waals surface area contributed by atoms with E-state index >= 15 is 0 Å². The normalized spacial score (nSPS) is 16.5. The van der Waals surface area contributed by atoms with Crippen LogP contribution in [0.2, 0.25) is 10.0 Å². The van der Waals surface area contributed by atoms with E-state index in [-0.39, 0.29) is 5.25 Å². The van der Waals surface area contributed by atoms with Gasteiger partial charge in [0.2, 0.25) is 0 Å². The first-order valence-corrected chi connectivity index (χ1v) is 9.10. The monoisotopic (exact) mass is 397 g/mol. The number of amidine groups is 1. The summed E-state index contributed by atoms with van der Waals surface area (Å²) in [6.07, 6.45) is 0. The molecule has 2 aromatic carbocycles. The second kappa shape index (κ2) is 7.64. The van der Waals surface area contributed by atoms with Gasteiger partial charge in [-0.3, -0.25) is 4.99 Å². The number of carbonyl (C=O) groups excluding carboxylic acids is 1. The van der Waals surface area contributed by atoms with E-state index in [9.17, 15) is 9.18 Å². The van der Waals surface area contributed by atoms with Gasteiger partial charge in [-0.1, -0.05) is 48.0 Å². The molecule has 0 saturated heterocycles. The fraction of sp³-hybridized carbons (Fsp3) is 0.176. The van der Waals surface area contributed by atoms with Crippen LogP contribution < -0.4 is 10.2 Å². The number of carbonyl (C=O) groups is 1. The van der Waals surface area contributed by atoms with Crippen LogP contribution in [0.3, 0.4) is 0 Å². The van der Waals surface area contributed by atoms with Crippen LogP contribution in [0.4, 0.5) is 20.6 Å². The van der Waals surface area contributed by atoms with E-state index in [0.717, 1.165) is 0 Å². The summed E-state index contributed by atoms with van der Waals surface area (Å²) in [5.41, 5.74) is 0.885. The van der Waals surface area contributed by atoms with Crippen LogP contribution in [-0.4, -0.2) is 23.0 Å². The molecular weight excluding hydrogens is 384 g/mol. The molecule has 0 bridgehead atoms. The zero-order chi connectivity index (χ0) is 18.0. The van der Waals surface area contributed by atoms with Crippen molar-refractivity contribution in [2.24, 2.45) is 4.99 Å². The Morgan fingerprint density at radius 1 is 1.28 bits per heavy atom. The Morgan fingerprint density at radius 3 is 2.72 bits per heavy atom. The standard InChI is InChI=1S/C17H14Cl2FN3OS/c1-10-9-21-17(25-10)23(13-4-2-3-11(20)7-13)16(24)22-12-5-6-14(18)15(19)8-12/h2-8,10H,9H2,1H3,(H,22,24)/t10-/m1/s1. The lowest BCUT2D eigenvalue weighted by atomic mass is 10.3. The molecular formula is C17H14Cl2FN3OS. The Hall–Kier alpha value is -1.76. The van der Waals surface area contributed by atoms with Crippen LogP contribution in [0.15, 0.2) is 47.5 Å². The van der Waals surface area contributed by atoms with Gasteiger partial charge in [0, 0.05) is 10.9 Å². The first kappa shape index (κ1) is 18.0. The number of nitrogens with one attached hydrogen (secondary N) is 1. The molecule has 2 aromatic rings. The minimum Gasteiger partial charge on any atom is -0.307 e. The number of anilines is 2. The average molecular weight is 398 g/mol. The molecule has 0 aromatic heterocycles. The highest BCUT2D eigenvalue weighted by molar-refractivity contribution is 8.15. The fourth-order valence-corrected chi connectivity index (χ4v) is 3.52. The zero-order valence-electron chi connectivity index (χ0n) is 13.2. The van der Waals surface area contributed by atoms with Crippen LogP contribution in [0.1, 0.15) is 6.92 Å². The summed E-state index contributed by atoms with van der Waals surface area (Å²) >= 11 is 13.3. The lowest BCUT2D eigenvalue weighted by molar-refractivity contribution is 0.259. The molecule has 2 amide bonds. The van der Waals surface area contributed by atoms with E-state index < -0.39 is 11.8 Å². The molecule has 25 heavy (non-hydrogen) atoms. The summed E-state index contributed by atoms with van der Waals surface area (Å²) in [6, 6.07) is 10.2. The maximum atomic E-state index is 13.6. The third kappa shape index (κ3) is 4.26. The maximum absolute atomic E-state index is 13.6. The van der Waals surface area contributed by atoms with Crippen LogP contribution in [0, 0.1) is 5.82 Å². The number of hydrogen-bond donors (Lipinski definition) is 1. The van der Waals surface area contributed by atoms with Crippen LogP contribution >= 0.6 is 35.0 Å². The van der Waals surface area contributed by atoms with Gasteiger partial charge in [0.05, 0.1) is 22.3 Å². The molecule has 0 spiro atoms. The average Bonchev–Trinajstić information content (AvgIpc) is 2.97. The van der Waals surface area contributed by atoms with E-state index in [1.165, 1.54) is 28.8 Å². The Bertz CT molecular complexity index is 846. The molecule has 4 nitrogen and oxygen atoms in total. The van der Waals surface area contributed by atoms with Gasteiger partial charge in [-0.2, -0.15) is 0 Å². The van der Waals surface area contributed by atoms with Crippen molar-refractivity contribution < 1.29 is 9.18 Å². The molecule has 0 unspecified atom stereocenters. The van der Waals surface area contributed by atoms with Gasteiger partial charge < -0.3 is 5.32 Å². The van der Waals surface area contributed by atoms with Gasteiger partial charge in [0.15, 0.2) is 5.17 Å². The molecule has 1 aliphatic rings. The molecule has 0 radical (unpaired) electrons. The second-order valence-corrected chi connectivity index (χ2v) is 7.65. The fourth-order valence-electron chi connectivity index (χ4n) is 2.27. The predicted octanol–water partition coefficient (Wildman–Crippen LogP) is 5.66. The number of urea groups is 1. The number of rotatable bonds is 2. The van der Waals surface area contributed by atoms with Crippen molar-refractivity contribution in [1.82, 2.24) is 0 Å². The molecule has 1 aliphatic heterocycles. The molecule has 0 saturated carbocycles. The molecule has 8 heteroatoms. The van der Waals surface area contributed by atoms with E-state index in [1.807, 2.05) is 6.92 Å². The highest BCUT2D eigenvalue weighted by atomic mass is 35.5. The summed E-state index contributed by atoms with van der Waals surface area (Å²) < 4.78 is 13.6. The van der Waals surface area contributed by atoms with E-state index in [2.05, 4.69) is 10.3 Å². The first-order valence-electron chi connectivity index (χ1n) is 7.47. The lowest BCUT2D eigenvalue weighted by Gasteiger charge is -2.23. The molecule has 0 aliphatic carbocycles. The third-order valence-electron chi connectivity index (χ3n) is 3.42.